The van der Waals surface area contributed by atoms with Gasteiger partial charge in [-0.2, -0.15) is 4.68 Å². The van der Waals surface area contributed by atoms with E-state index in [4.69, 9.17) is 0 Å². The van der Waals surface area contributed by atoms with Crippen molar-refractivity contribution in [1.29, 1.82) is 0 Å². The number of fused-ring (bicyclic) bond motifs is 6. The topological polar surface area (TPSA) is 81.4 Å². The third-order valence-corrected chi connectivity index (χ3v) is 5.48. The molecule has 9 nitrogen and oxygen atoms in total. The van der Waals surface area contributed by atoms with Crippen molar-refractivity contribution in [2.75, 3.05) is 13.6 Å². The van der Waals surface area contributed by atoms with Crippen LogP contribution in [0, 0.1) is 0 Å². The van der Waals surface area contributed by atoms with Gasteiger partial charge >= 0.3 is 0 Å². The van der Waals surface area contributed by atoms with Gasteiger partial charge in [-0.3, -0.25) is 9.30 Å². The van der Waals surface area contributed by atoms with Gasteiger partial charge in [0.2, 0.25) is 0 Å². The first-order valence-electron chi connectivity index (χ1n) is 9.02. The summed E-state index contributed by atoms with van der Waals surface area (Å²) in [5, 5.41) is 18.6. The van der Waals surface area contributed by atoms with Crippen molar-refractivity contribution in [3.8, 4) is 5.95 Å². The van der Waals surface area contributed by atoms with E-state index in [1.165, 1.54) is 6.42 Å². The Bertz CT molecular complexity index is 1290. The lowest BCUT2D eigenvalue weighted by atomic mass is 10.2. The first kappa shape index (κ1) is 14.8. The Labute approximate surface area is 153 Å². The molecule has 5 heterocycles. The van der Waals surface area contributed by atoms with Crippen LogP contribution in [0.1, 0.15) is 24.6 Å². The highest BCUT2D eigenvalue weighted by atomic mass is 15.5. The molecule has 1 saturated heterocycles. The minimum atomic E-state index is 0.314. The summed E-state index contributed by atoms with van der Waals surface area (Å²) >= 11 is 0. The second kappa shape index (κ2) is 5.34. The van der Waals surface area contributed by atoms with E-state index < -0.39 is 0 Å². The van der Waals surface area contributed by atoms with Gasteiger partial charge in [0.25, 0.3) is 5.95 Å². The molecule has 1 unspecified atom stereocenters. The Morgan fingerprint density at radius 3 is 2.93 bits per heavy atom. The molecular formula is C18H17N9. The molecule has 6 rings (SSSR count). The fourth-order valence-electron chi connectivity index (χ4n) is 4.13. The first-order valence-corrected chi connectivity index (χ1v) is 9.02. The molecular weight excluding hydrogens is 342 g/mol. The monoisotopic (exact) mass is 359 g/mol. The molecule has 9 heteroatoms. The zero-order chi connectivity index (χ0) is 18.0. The van der Waals surface area contributed by atoms with Gasteiger partial charge in [0.05, 0.1) is 24.0 Å². The van der Waals surface area contributed by atoms with Gasteiger partial charge in [0, 0.05) is 5.39 Å². The van der Waals surface area contributed by atoms with Crippen molar-refractivity contribution in [3.05, 3.63) is 48.7 Å². The van der Waals surface area contributed by atoms with E-state index in [0.717, 1.165) is 40.9 Å². The number of rotatable bonds is 2. The Balaban J connectivity index is 1.60. The Hall–Kier alpha value is -3.33. The van der Waals surface area contributed by atoms with Crippen molar-refractivity contribution < 1.29 is 0 Å². The SMILES string of the molecule is CN1CCCC1c1cn(-c2nnc3c4ccccc4n4cncc4n23)nn1. The maximum atomic E-state index is 4.45. The lowest BCUT2D eigenvalue weighted by Crippen LogP contribution is -2.17. The molecule has 5 aromatic rings. The number of imidazole rings is 1. The molecule has 0 aliphatic carbocycles. The van der Waals surface area contributed by atoms with Crippen LogP contribution in [-0.4, -0.2) is 57.5 Å². The predicted molar refractivity (Wildman–Crippen MR) is 98.8 cm³/mol. The zero-order valence-corrected chi connectivity index (χ0v) is 14.8. The number of hydrogen-bond donors (Lipinski definition) is 0. The molecule has 134 valence electrons. The molecule has 1 aliphatic rings. The van der Waals surface area contributed by atoms with Crippen molar-refractivity contribution >= 4 is 22.2 Å². The first-order chi connectivity index (χ1) is 13.3. The average Bonchev–Trinajstić information content (AvgIpc) is 3.46. The second-order valence-corrected chi connectivity index (χ2v) is 7.02. The molecule has 0 amide bonds. The smallest absolute Gasteiger partial charge is 0.259 e. The number of hydrogen-bond acceptors (Lipinski definition) is 6. The van der Waals surface area contributed by atoms with Crippen LogP contribution in [0.2, 0.25) is 0 Å². The summed E-state index contributed by atoms with van der Waals surface area (Å²) < 4.78 is 5.73. The summed E-state index contributed by atoms with van der Waals surface area (Å²) in [5.74, 6) is 0.612. The van der Waals surface area contributed by atoms with Crippen molar-refractivity contribution in [2.45, 2.75) is 18.9 Å². The second-order valence-electron chi connectivity index (χ2n) is 7.02. The number of benzene rings is 1. The fraction of sp³-hybridized carbons (Fsp3) is 0.278. The number of para-hydroxylation sites is 1. The number of likely N-dealkylation sites (tertiary alicyclic amines) is 1. The lowest BCUT2D eigenvalue weighted by molar-refractivity contribution is 0.311. The fourth-order valence-corrected chi connectivity index (χ4v) is 4.13. The van der Waals surface area contributed by atoms with Gasteiger partial charge in [0.15, 0.2) is 5.65 Å². The van der Waals surface area contributed by atoms with Crippen LogP contribution < -0.4 is 0 Å². The minimum absolute atomic E-state index is 0.314. The largest absolute Gasteiger partial charge is 0.298 e. The van der Waals surface area contributed by atoms with E-state index in [0.29, 0.717) is 12.0 Å². The van der Waals surface area contributed by atoms with Crippen molar-refractivity contribution in [3.63, 3.8) is 0 Å². The molecule has 1 atom stereocenters. The highest BCUT2D eigenvalue weighted by Gasteiger charge is 2.26. The maximum absolute atomic E-state index is 4.45. The standard InChI is InChI=1S/C18H17N9/c1-24-8-4-7-15(24)13-10-26(23-20-13)18-22-21-17-12-5-2-3-6-14(12)25-11-19-9-16(25)27(17)18/h2-3,5-6,9-11,15H,4,7-8H2,1H3. The Morgan fingerprint density at radius 1 is 1.11 bits per heavy atom. The summed E-state index contributed by atoms with van der Waals surface area (Å²) in [4.78, 5) is 6.65. The van der Waals surface area contributed by atoms with Crippen LogP contribution in [0.5, 0.6) is 0 Å². The molecule has 0 spiro atoms. The molecule has 0 bridgehead atoms. The number of nitrogens with zero attached hydrogens (tertiary/aromatic N) is 9. The van der Waals surface area contributed by atoms with Crippen molar-refractivity contribution in [1.82, 2.24) is 43.9 Å². The van der Waals surface area contributed by atoms with Crippen LogP contribution in [0.15, 0.2) is 43.0 Å². The van der Waals surface area contributed by atoms with Crippen LogP contribution in [0.4, 0.5) is 0 Å². The number of aromatic nitrogens is 8. The van der Waals surface area contributed by atoms with Crippen molar-refractivity contribution in [2.24, 2.45) is 0 Å². The summed E-state index contributed by atoms with van der Waals surface area (Å²) in [6.07, 6.45) is 7.87. The van der Waals surface area contributed by atoms with Crippen LogP contribution in [0.25, 0.3) is 28.1 Å². The van der Waals surface area contributed by atoms with E-state index in [2.05, 4.69) is 43.5 Å². The molecule has 1 fully saturated rings. The summed E-state index contributed by atoms with van der Waals surface area (Å²) in [6.45, 7) is 1.09. The van der Waals surface area contributed by atoms with E-state index in [9.17, 15) is 0 Å². The van der Waals surface area contributed by atoms with Gasteiger partial charge < -0.3 is 0 Å². The quantitative estimate of drug-likeness (QED) is 0.479. The van der Waals surface area contributed by atoms with E-state index >= 15 is 0 Å². The average molecular weight is 359 g/mol. The zero-order valence-electron chi connectivity index (χ0n) is 14.8. The summed E-state index contributed by atoms with van der Waals surface area (Å²) in [7, 11) is 2.13. The Morgan fingerprint density at radius 2 is 2.04 bits per heavy atom. The molecule has 1 aliphatic heterocycles. The normalized spacial score (nSPS) is 18.3. The van der Waals surface area contributed by atoms with Crippen LogP contribution >= 0.6 is 0 Å². The minimum Gasteiger partial charge on any atom is -0.298 e. The van der Waals surface area contributed by atoms with Gasteiger partial charge in [0.1, 0.15) is 17.7 Å². The summed E-state index contributed by atoms with van der Waals surface area (Å²) in [6, 6.07) is 8.43. The molecule has 4 aromatic heterocycles. The van der Waals surface area contributed by atoms with Gasteiger partial charge in [-0.1, -0.05) is 17.3 Å². The molecule has 1 aromatic carbocycles. The van der Waals surface area contributed by atoms with E-state index in [1.807, 2.05) is 39.4 Å². The third kappa shape index (κ3) is 2.00. The maximum Gasteiger partial charge on any atom is 0.259 e. The highest BCUT2D eigenvalue weighted by Crippen LogP contribution is 2.29. The van der Waals surface area contributed by atoms with Crippen LogP contribution in [0.3, 0.4) is 0 Å². The third-order valence-electron chi connectivity index (χ3n) is 5.48. The molecule has 27 heavy (non-hydrogen) atoms. The van der Waals surface area contributed by atoms with E-state index in [1.54, 1.807) is 11.0 Å². The van der Waals surface area contributed by atoms with Gasteiger partial charge in [-0.25, -0.2) is 9.38 Å². The molecule has 0 saturated carbocycles. The van der Waals surface area contributed by atoms with Crippen LogP contribution in [-0.2, 0) is 0 Å². The summed E-state index contributed by atoms with van der Waals surface area (Å²) in [5.41, 5.74) is 3.68. The Kier molecular flexibility index (Phi) is 2.92. The highest BCUT2D eigenvalue weighted by molar-refractivity contribution is 5.94. The molecule has 0 N–H and O–H groups in total. The van der Waals surface area contributed by atoms with Gasteiger partial charge in [-0.05, 0) is 38.6 Å². The molecule has 0 radical (unpaired) electrons. The van der Waals surface area contributed by atoms with E-state index in [-0.39, 0.29) is 0 Å². The lowest BCUT2D eigenvalue weighted by Gasteiger charge is -2.15. The predicted octanol–water partition coefficient (Wildman–Crippen LogP) is 1.88. The van der Waals surface area contributed by atoms with Gasteiger partial charge in [-0.15, -0.1) is 15.3 Å².